The number of rotatable bonds is 2. The Morgan fingerprint density at radius 3 is 2.84 bits per heavy atom. The minimum Gasteiger partial charge on any atom is -0.355 e. The summed E-state index contributed by atoms with van der Waals surface area (Å²) in [6.45, 7) is 6.92. The number of nitriles is 1. The fraction of sp³-hybridized carbons (Fsp3) is 0.579. The third-order valence-electron chi connectivity index (χ3n) is 4.89. The molecule has 1 saturated heterocycles. The molecule has 0 bridgehead atoms. The summed E-state index contributed by atoms with van der Waals surface area (Å²) < 4.78 is 0. The zero-order valence-electron chi connectivity index (χ0n) is 15.0. The van der Waals surface area contributed by atoms with Crippen LogP contribution < -0.4 is 4.90 Å². The first-order chi connectivity index (χ1) is 12.1. The number of piperidine rings is 1. The number of carbonyl (C=O) groups is 1. The molecule has 1 fully saturated rings. The monoisotopic (exact) mass is 339 g/mol. The summed E-state index contributed by atoms with van der Waals surface area (Å²) in [7, 11) is 0. The van der Waals surface area contributed by atoms with Crippen molar-refractivity contribution in [1.82, 2.24) is 14.9 Å². The number of nitrogens with zero attached hydrogens (tertiary/aromatic N) is 5. The Balaban J connectivity index is 1.81. The molecule has 6 heteroatoms. The second-order valence-electron chi connectivity index (χ2n) is 7.08. The molecule has 1 aromatic heterocycles. The molecule has 6 nitrogen and oxygen atoms in total. The number of amides is 1. The highest BCUT2D eigenvalue weighted by Gasteiger charge is 2.26. The number of hydrogen-bond donors (Lipinski definition) is 0. The predicted octanol–water partition coefficient (Wildman–Crippen LogP) is 2.11. The molecule has 0 spiro atoms. The van der Waals surface area contributed by atoms with Crippen LogP contribution in [0.5, 0.6) is 0 Å². The van der Waals surface area contributed by atoms with Crippen LogP contribution in [-0.4, -0.2) is 47.0 Å². The normalized spacial score (nSPS) is 20.3. The van der Waals surface area contributed by atoms with E-state index < -0.39 is 0 Å². The van der Waals surface area contributed by atoms with Crippen LogP contribution in [0.4, 0.5) is 5.82 Å². The van der Waals surface area contributed by atoms with Gasteiger partial charge in [-0.15, -0.1) is 0 Å². The second kappa shape index (κ2) is 7.64. The maximum Gasteiger partial charge on any atom is 0.246 e. The summed E-state index contributed by atoms with van der Waals surface area (Å²) in [5, 5.41) is 9.25. The van der Waals surface area contributed by atoms with Crippen LogP contribution >= 0.6 is 0 Å². The lowest BCUT2D eigenvalue weighted by molar-refractivity contribution is -0.125. The van der Waals surface area contributed by atoms with Crippen molar-refractivity contribution in [2.24, 2.45) is 5.92 Å². The molecule has 0 aliphatic carbocycles. The molecule has 25 heavy (non-hydrogen) atoms. The van der Waals surface area contributed by atoms with Crippen LogP contribution in [0.1, 0.15) is 37.9 Å². The van der Waals surface area contributed by atoms with Gasteiger partial charge in [-0.3, -0.25) is 4.79 Å². The van der Waals surface area contributed by atoms with Gasteiger partial charge in [0.2, 0.25) is 5.91 Å². The van der Waals surface area contributed by atoms with Crippen LogP contribution in [0.25, 0.3) is 0 Å². The van der Waals surface area contributed by atoms with E-state index in [1.165, 1.54) is 0 Å². The van der Waals surface area contributed by atoms with Crippen LogP contribution in [0, 0.1) is 17.2 Å². The van der Waals surface area contributed by atoms with Gasteiger partial charge in [-0.2, -0.15) is 5.26 Å². The van der Waals surface area contributed by atoms with Gasteiger partial charge in [-0.25, -0.2) is 9.97 Å². The standard InChI is InChI=1S/C19H25N5O/c1-14(2)10-18(25)23-8-5-16-17(6-9-23)21-13-22-19(16)24-7-3-4-15(11-20)12-24/h10,13,15H,3-9,12H2,1-2H3/t15-/m1/s1. The Hall–Kier alpha value is -2.42. The van der Waals surface area contributed by atoms with E-state index in [9.17, 15) is 10.1 Å². The van der Waals surface area contributed by atoms with Crippen molar-refractivity contribution < 1.29 is 4.79 Å². The first-order valence-electron chi connectivity index (χ1n) is 8.99. The van der Waals surface area contributed by atoms with E-state index in [1.54, 1.807) is 12.4 Å². The summed E-state index contributed by atoms with van der Waals surface area (Å²) >= 11 is 0. The summed E-state index contributed by atoms with van der Waals surface area (Å²) in [6.07, 6.45) is 6.82. The van der Waals surface area contributed by atoms with Crippen LogP contribution in [0.3, 0.4) is 0 Å². The van der Waals surface area contributed by atoms with Gasteiger partial charge >= 0.3 is 0 Å². The molecule has 0 N–H and O–H groups in total. The number of carbonyl (C=O) groups excluding carboxylic acids is 1. The Labute approximate surface area is 149 Å². The van der Waals surface area contributed by atoms with Gasteiger partial charge in [0.15, 0.2) is 0 Å². The molecular weight excluding hydrogens is 314 g/mol. The van der Waals surface area contributed by atoms with Gasteiger partial charge in [0.25, 0.3) is 0 Å². The number of allylic oxidation sites excluding steroid dienone is 1. The quantitative estimate of drug-likeness (QED) is 0.772. The third-order valence-corrected chi connectivity index (χ3v) is 4.89. The fourth-order valence-electron chi connectivity index (χ4n) is 3.62. The highest BCUT2D eigenvalue weighted by Crippen LogP contribution is 2.27. The lowest BCUT2D eigenvalue weighted by atomic mass is 9.98. The van der Waals surface area contributed by atoms with E-state index in [2.05, 4.69) is 20.9 Å². The maximum absolute atomic E-state index is 12.3. The number of fused-ring (bicyclic) bond motifs is 1. The molecule has 0 aromatic carbocycles. The van der Waals surface area contributed by atoms with Gasteiger partial charge in [0.1, 0.15) is 12.1 Å². The van der Waals surface area contributed by atoms with Gasteiger partial charge < -0.3 is 9.80 Å². The molecule has 0 radical (unpaired) electrons. The largest absolute Gasteiger partial charge is 0.355 e. The van der Waals surface area contributed by atoms with Crippen molar-refractivity contribution in [2.75, 3.05) is 31.1 Å². The Morgan fingerprint density at radius 2 is 2.08 bits per heavy atom. The molecule has 3 rings (SSSR count). The van der Waals surface area contributed by atoms with Gasteiger partial charge in [-0.1, -0.05) is 5.57 Å². The summed E-state index contributed by atoms with van der Waals surface area (Å²) in [6, 6.07) is 2.39. The molecule has 1 amide bonds. The summed E-state index contributed by atoms with van der Waals surface area (Å²) in [5.74, 6) is 1.10. The number of hydrogen-bond acceptors (Lipinski definition) is 5. The molecule has 2 aliphatic rings. The van der Waals surface area contributed by atoms with Crippen LogP contribution in [0.15, 0.2) is 18.0 Å². The Bertz CT molecular complexity index is 717. The van der Waals surface area contributed by atoms with Crippen molar-refractivity contribution in [3.8, 4) is 6.07 Å². The first-order valence-corrected chi connectivity index (χ1v) is 8.99. The first kappa shape index (κ1) is 17.4. The van der Waals surface area contributed by atoms with Crippen molar-refractivity contribution >= 4 is 11.7 Å². The van der Waals surface area contributed by atoms with Gasteiger partial charge in [-0.05, 0) is 33.1 Å². The van der Waals surface area contributed by atoms with E-state index in [-0.39, 0.29) is 11.8 Å². The molecule has 1 aromatic rings. The predicted molar refractivity (Wildman–Crippen MR) is 96.0 cm³/mol. The summed E-state index contributed by atoms with van der Waals surface area (Å²) in [4.78, 5) is 25.5. The zero-order valence-corrected chi connectivity index (χ0v) is 15.0. The topological polar surface area (TPSA) is 73.1 Å². The number of aromatic nitrogens is 2. The van der Waals surface area contributed by atoms with Crippen molar-refractivity contribution in [1.29, 1.82) is 5.26 Å². The van der Waals surface area contributed by atoms with E-state index in [0.717, 1.165) is 61.4 Å². The highest BCUT2D eigenvalue weighted by molar-refractivity contribution is 5.88. The van der Waals surface area contributed by atoms with Crippen molar-refractivity contribution in [3.05, 3.63) is 29.2 Å². The van der Waals surface area contributed by atoms with Crippen molar-refractivity contribution in [2.45, 2.75) is 39.5 Å². The summed E-state index contributed by atoms with van der Waals surface area (Å²) in [5.41, 5.74) is 3.20. The Morgan fingerprint density at radius 1 is 1.28 bits per heavy atom. The minimum absolute atomic E-state index is 0.0703. The molecule has 0 saturated carbocycles. The smallest absolute Gasteiger partial charge is 0.246 e. The van der Waals surface area contributed by atoms with Crippen molar-refractivity contribution in [3.63, 3.8) is 0 Å². The molecule has 132 valence electrons. The zero-order chi connectivity index (χ0) is 17.8. The maximum atomic E-state index is 12.3. The lowest BCUT2D eigenvalue weighted by Crippen LogP contribution is -2.36. The molecular formula is C19H25N5O. The highest BCUT2D eigenvalue weighted by atomic mass is 16.2. The van der Waals surface area contributed by atoms with Gasteiger partial charge in [0.05, 0.1) is 17.7 Å². The fourth-order valence-corrected chi connectivity index (χ4v) is 3.62. The Kier molecular flexibility index (Phi) is 5.32. The third kappa shape index (κ3) is 3.98. The molecule has 3 heterocycles. The SMILES string of the molecule is CC(C)=CC(=O)N1CCc2ncnc(N3CCC[C@H](C#N)C3)c2CC1. The van der Waals surface area contributed by atoms with Crippen LogP contribution in [-0.2, 0) is 17.6 Å². The number of anilines is 1. The van der Waals surface area contributed by atoms with E-state index >= 15 is 0 Å². The van der Waals surface area contributed by atoms with Gasteiger partial charge in [0, 0.05) is 44.2 Å². The van der Waals surface area contributed by atoms with E-state index in [1.807, 2.05) is 18.7 Å². The van der Waals surface area contributed by atoms with E-state index in [4.69, 9.17) is 0 Å². The van der Waals surface area contributed by atoms with Crippen LogP contribution in [0.2, 0.25) is 0 Å². The molecule has 0 unspecified atom stereocenters. The average molecular weight is 339 g/mol. The van der Waals surface area contributed by atoms with E-state index in [0.29, 0.717) is 13.1 Å². The molecule has 1 atom stereocenters. The minimum atomic E-state index is 0.0703. The average Bonchev–Trinajstić information content (AvgIpc) is 2.83. The molecule has 2 aliphatic heterocycles. The lowest BCUT2D eigenvalue weighted by Gasteiger charge is -2.32. The second-order valence-corrected chi connectivity index (χ2v) is 7.08.